The second kappa shape index (κ2) is 3.43. The van der Waals surface area contributed by atoms with Crippen molar-refractivity contribution >= 4 is 0 Å². The second-order valence-corrected chi connectivity index (χ2v) is 0.781. The van der Waals surface area contributed by atoms with Crippen LogP contribution in [0.15, 0.2) is 0 Å². The first-order valence-electron chi connectivity index (χ1n) is 1.07. The fraction of sp³-hybridized carbons (Fsp3) is 1.00. The predicted molar refractivity (Wildman–Crippen MR) is 12.8 cm³/mol. The molecule has 0 unspecified atom stereocenters. The second-order valence-electron chi connectivity index (χ2n) is 0.781. The van der Waals surface area contributed by atoms with Gasteiger partial charge in [0.1, 0.15) is 0 Å². The van der Waals surface area contributed by atoms with E-state index in [1.165, 1.54) is 0 Å². The molecule has 0 aliphatic carbocycles. The van der Waals surface area contributed by atoms with E-state index in [-0.39, 0.29) is 59.7 Å². The molecular formula is C2H4F3K. The molecule has 0 saturated carbocycles. The first-order valence-corrected chi connectivity index (χ1v) is 1.07. The Kier molecular flexibility index (Phi) is 5.96. The molecule has 0 radical (unpaired) electrons. The Morgan fingerprint density at radius 3 is 1.33 bits per heavy atom. The molecule has 0 spiro atoms. The smallest absolute Gasteiger partial charge is 1.00 e. The molecule has 0 amide bonds. The van der Waals surface area contributed by atoms with Crippen molar-refractivity contribution in [3.05, 3.63) is 0 Å². The van der Waals surface area contributed by atoms with Crippen LogP contribution in [-0.2, 0) is 0 Å². The molecule has 34 valence electrons. The predicted octanol–water partition coefficient (Wildman–Crippen LogP) is -1.31. The minimum absolute atomic E-state index is 0. The van der Waals surface area contributed by atoms with Crippen LogP contribution in [0.2, 0.25) is 0 Å². The molecule has 0 nitrogen and oxygen atoms in total. The van der Waals surface area contributed by atoms with E-state index in [1.54, 1.807) is 0 Å². The molecule has 0 atom stereocenters. The van der Waals surface area contributed by atoms with Gasteiger partial charge in [-0.15, -0.1) is 0 Å². The summed E-state index contributed by atoms with van der Waals surface area (Å²) >= 11 is 0. The van der Waals surface area contributed by atoms with Gasteiger partial charge in [0.05, 0.1) is 0 Å². The Morgan fingerprint density at radius 2 is 1.33 bits per heavy atom. The van der Waals surface area contributed by atoms with E-state index in [0.717, 1.165) is 0 Å². The van der Waals surface area contributed by atoms with E-state index in [4.69, 9.17) is 0 Å². The van der Waals surface area contributed by atoms with Crippen LogP contribution in [-0.4, -0.2) is 6.18 Å². The van der Waals surface area contributed by atoms with Crippen LogP contribution in [0.1, 0.15) is 8.35 Å². The van der Waals surface area contributed by atoms with Crippen molar-refractivity contribution in [1.29, 1.82) is 0 Å². The zero-order valence-corrected chi connectivity index (χ0v) is 6.76. The Morgan fingerprint density at radius 1 is 1.33 bits per heavy atom. The molecule has 0 aromatic carbocycles. The molecule has 0 heterocycles. The SMILES string of the molecule is CC(F)(F)F.[H-].[K+]. The fourth-order valence-electron chi connectivity index (χ4n) is 0. The average molecular weight is 124 g/mol. The van der Waals surface area contributed by atoms with E-state index in [0.29, 0.717) is 0 Å². The summed E-state index contributed by atoms with van der Waals surface area (Å²) in [7, 11) is 0. The minimum Gasteiger partial charge on any atom is -1.00 e. The van der Waals surface area contributed by atoms with E-state index in [9.17, 15) is 13.2 Å². The van der Waals surface area contributed by atoms with Gasteiger partial charge in [-0.25, -0.2) is 0 Å². The third-order valence-corrected chi connectivity index (χ3v) is 0. The summed E-state index contributed by atoms with van der Waals surface area (Å²) in [6, 6.07) is 0. The summed E-state index contributed by atoms with van der Waals surface area (Å²) in [5.41, 5.74) is 0. The monoisotopic (exact) mass is 124 g/mol. The largest absolute Gasteiger partial charge is 1.00 e. The summed E-state index contributed by atoms with van der Waals surface area (Å²) in [6.07, 6.45) is -4.00. The summed E-state index contributed by atoms with van der Waals surface area (Å²) in [4.78, 5) is 0. The maximum atomic E-state index is 10.4. The van der Waals surface area contributed by atoms with Crippen LogP contribution < -0.4 is 51.4 Å². The zero-order chi connectivity index (χ0) is 4.50. The number of halogens is 3. The van der Waals surface area contributed by atoms with Gasteiger partial charge in [0.15, 0.2) is 0 Å². The average Bonchev–Trinajstić information content (AvgIpc) is 0.722. The van der Waals surface area contributed by atoms with Crippen LogP contribution in [0, 0.1) is 0 Å². The maximum absolute atomic E-state index is 10.4. The Labute approximate surface area is 78.0 Å². The van der Waals surface area contributed by atoms with E-state index < -0.39 is 6.18 Å². The van der Waals surface area contributed by atoms with Gasteiger partial charge in [0.2, 0.25) is 0 Å². The summed E-state index contributed by atoms with van der Waals surface area (Å²) in [6.45, 7) is 0.188. The van der Waals surface area contributed by atoms with Crippen molar-refractivity contribution in [1.82, 2.24) is 0 Å². The van der Waals surface area contributed by atoms with Crippen molar-refractivity contribution in [3.63, 3.8) is 0 Å². The van der Waals surface area contributed by atoms with Crippen molar-refractivity contribution < 1.29 is 66.0 Å². The van der Waals surface area contributed by atoms with Crippen molar-refractivity contribution in [2.75, 3.05) is 0 Å². The molecule has 0 aliphatic heterocycles. The number of alkyl halides is 3. The van der Waals surface area contributed by atoms with Gasteiger partial charge in [-0.3, -0.25) is 0 Å². The minimum atomic E-state index is -4.00. The van der Waals surface area contributed by atoms with Crippen molar-refractivity contribution in [2.24, 2.45) is 0 Å². The Hall–Kier alpha value is 1.43. The normalized spacial score (nSPS) is 10.0. The van der Waals surface area contributed by atoms with Crippen LogP contribution in [0.5, 0.6) is 0 Å². The van der Waals surface area contributed by atoms with Crippen LogP contribution in [0.4, 0.5) is 13.2 Å². The van der Waals surface area contributed by atoms with Gasteiger partial charge in [0.25, 0.3) is 0 Å². The quantitative estimate of drug-likeness (QED) is 0.352. The zero-order valence-electron chi connectivity index (χ0n) is 4.63. The maximum Gasteiger partial charge on any atom is 1.00 e. The van der Waals surface area contributed by atoms with Gasteiger partial charge in [-0.05, 0) is 0 Å². The molecule has 6 heavy (non-hydrogen) atoms. The fourth-order valence-corrected chi connectivity index (χ4v) is 0. The van der Waals surface area contributed by atoms with E-state index in [1.807, 2.05) is 0 Å². The molecule has 0 aromatic rings. The number of hydrogen-bond donors (Lipinski definition) is 0. The topological polar surface area (TPSA) is 0 Å². The first kappa shape index (κ1) is 10.4. The van der Waals surface area contributed by atoms with Gasteiger partial charge in [-0.1, -0.05) is 0 Å². The number of hydrogen-bond acceptors (Lipinski definition) is 0. The molecule has 0 fully saturated rings. The van der Waals surface area contributed by atoms with Crippen LogP contribution in [0.3, 0.4) is 0 Å². The van der Waals surface area contributed by atoms with Crippen molar-refractivity contribution in [3.8, 4) is 0 Å². The van der Waals surface area contributed by atoms with Gasteiger partial charge >= 0.3 is 57.6 Å². The van der Waals surface area contributed by atoms with Crippen LogP contribution >= 0.6 is 0 Å². The summed E-state index contributed by atoms with van der Waals surface area (Å²) < 4.78 is 31.1. The molecular weight excluding hydrogens is 120 g/mol. The van der Waals surface area contributed by atoms with Crippen LogP contribution in [0.25, 0.3) is 0 Å². The van der Waals surface area contributed by atoms with Crippen molar-refractivity contribution in [2.45, 2.75) is 13.1 Å². The first-order chi connectivity index (χ1) is 2.00. The third-order valence-electron chi connectivity index (χ3n) is 0. The molecule has 0 N–H and O–H groups in total. The molecule has 0 aliphatic rings. The summed E-state index contributed by atoms with van der Waals surface area (Å²) in [5.74, 6) is 0. The standard InChI is InChI=1S/C2H3F3.K.H/c1-2(3,4)5;;/h1H3;;/q;+1;-1. The van der Waals surface area contributed by atoms with E-state index >= 15 is 0 Å². The Balaban J connectivity index is -0.0000000800. The molecule has 0 rings (SSSR count). The molecule has 0 saturated heterocycles. The molecule has 0 bridgehead atoms. The summed E-state index contributed by atoms with van der Waals surface area (Å²) in [5, 5.41) is 0. The van der Waals surface area contributed by atoms with E-state index in [2.05, 4.69) is 0 Å². The molecule has 4 heteroatoms. The number of rotatable bonds is 0. The Bertz CT molecular complexity index is 28.4. The van der Waals surface area contributed by atoms with Gasteiger partial charge < -0.3 is 1.43 Å². The molecule has 0 aromatic heterocycles. The third kappa shape index (κ3) is 52.3. The van der Waals surface area contributed by atoms with Gasteiger partial charge in [-0.2, -0.15) is 13.2 Å². The van der Waals surface area contributed by atoms with Gasteiger partial charge in [0, 0.05) is 6.92 Å².